The van der Waals surface area contributed by atoms with E-state index in [1.807, 2.05) is 12.1 Å². The van der Waals surface area contributed by atoms with Crippen molar-refractivity contribution in [3.05, 3.63) is 34.5 Å². The summed E-state index contributed by atoms with van der Waals surface area (Å²) in [6, 6.07) is 3.86. The van der Waals surface area contributed by atoms with Crippen LogP contribution >= 0.6 is 0 Å². The lowest BCUT2D eigenvalue weighted by Crippen LogP contribution is -2.02. The van der Waals surface area contributed by atoms with Gasteiger partial charge in [-0.1, -0.05) is 6.07 Å². The molecule has 3 heteroatoms. The van der Waals surface area contributed by atoms with Crippen LogP contribution in [-0.2, 0) is 17.6 Å². The van der Waals surface area contributed by atoms with Gasteiger partial charge < -0.3 is 9.72 Å². The first-order chi connectivity index (χ1) is 8.72. The van der Waals surface area contributed by atoms with E-state index in [1.54, 1.807) is 0 Å². The molecule has 1 heterocycles. The number of esters is 1. The van der Waals surface area contributed by atoms with E-state index in [0.29, 0.717) is 5.56 Å². The highest BCUT2D eigenvalue weighted by atomic mass is 16.5. The van der Waals surface area contributed by atoms with Crippen LogP contribution < -0.4 is 0 Å². The van der Waals surface area contributed by atoms with E-state index < -0.39 is 0 Å². The van der Waals surface area contributed by atoms with E-state index in [1.165, 1.54) is 42.2 Å². The Labute approximate surface area is 106 Å². The predicted octanol–water partition coefficient (Wildman–Crippen LogP) is 3.14. The summed E-state index contributed by atoms with van der Waals surface area (Å²) in [7, 11) is 1.43. The van der Waals surface area contributed by atoms with Crippen LogP contribution in [-0.4, -0.2) is 18.1 Å². The van der Waals surface area contributed by atoms with Crippen molar-refractivity contribution in [2.75, 3.05) is 7.11 Å². The molecule has 3 nitrogen and oxygen atoms in total. The third kappa shape index (κ3) is 1.54. The van der Waals surface area contributed by atoms with Crippen molar-refractivity contribution in [1.82, 2.24) is 4.98 Å². The summed E-state index contributed by atoms with van der Waals surface area (Å²) in [5, 5.41) is 1.23. The van der Waals surface area contributed by atoms with Crippen molar-refractivity contribution >= 4 is 16.9 Å². The van der Waals surface area contributed by atoms with Gasteiger partial charge in [-0.15, -0.1) is 0 Å². The molecule has 0 radical (unpaired) electrons. The summed E-state index contributed by atoms with van der Waals surface area (Å²) < 4.78 is 4.86. The fourth-order valence-electron chi connectivity index (χ4n) is 2.98. The van der Waals surface area contributed by atoms with Gasteiger partial charge in [-0.3, -0.25) is 0 Å². The lowest BCUT2D eigenvalue weighted by Gasteiger charge is -2.11. The molecule has 0 spiro atoms. The minimum Gasteiger partial charge on any atom is -0.465 e. The van der Waals surface area contributed by atoms with Gasteiger partial charge >= 0.3 is 5.97 Å². The number of hydrogen-bond donors (Lipinski definition) is 1. The molecule has 0 saturated carbocycles. The topological polar surface area (TPSA) is 42.1 Å². The second kappa shape index (κ2) is 4.16. The highest BCUT2D eigenvalue weighted by molar-refractivity contribution is 6.05. The Hall–Kier alpha value is -1.77. The van der Waals surface area contributed by atoms with E-state index in [-0.39, 0.29) is 5.97 Å². The molecule has 1 aromatic heterocycles. The number of benzene rings is 1. The summed E-state index contributed by atoms with van der Waals surface area (Å²) in [4.78, 5) is 15.2. The second-order valence-corrected chi connectivity index (χ2v) is 4.96. The molecule has 94 valence electrons. The average Bonchev–Trinajstić information content (AvgIpc) is 2.78. The Morgan fingerprint density at radius 2 is 2.06 bits per heavy atom. The molecular weight excluding hydrogens is 226 g/mol. The Morgan fingerprint density at radius 3 is 2.83 bits per heavy atom. The quantitative estimate of drug-likeness (QED) is 0.782. The van der Waals surface area contributed by atoms with Crippen molar-refractivity contribution in [3.63, 3.8) is 0 Å². The molecule has 1 aliphatic rings. The van der Waals surface area contributed by atoms with Crippen LogP contribution in [0.2, 0.25) is 0 Å². The van der Waals surface area contributed by atoms with Crippen LogP contribution in [0.25, 0.3) is 10.9 Å². The number of nitrogens with one attached hydrogen (secondary N) is 1. The van der Waals surface area contributed by atoms with Crippen LogP contribution in [0.5, 0.6) is 0 Å². The number of fused-ring (bicyclic) bond motifs is 3. The molecule has 0 aliphatic heterocycles. The normalized spacial score (nSPS) is 14.6. The maximum Gasteiger partial charge on any atom is 0.339 e. The fourth-order valence-corrected chi connectivity index (χ4v) is 2.98. The van der Waals surface area contributed by atoms with E-state index >= 15 is 0 Å². The molecule has 0 unspecified atom stereocenters. The molecule has 3 rings (SSSR count). The number of H-pyrrole nitrogens is 1. The smallest absolute Gasteiger partial charge is 0.339 e. The van der Waals surface area contributed by atoms with Gasteiger partial charge in [0.2, 0.25) is 0 Å². The van der Waals surface area contributed by atoms with Gasteiger partial charge in [-0.2, -0.15) is 0 Å². The molecular formula is C15H17NO2. The lowest BCUT2D eigenvalue weighted by molar-refractivity contribution is 0.0603. The number of carbonyl (C=O) groups is 1. The highest BCUT2D eigenvalue weighted by Crippen LogP contribution is 2.33. The number of carbonyl (C=O) groups excluding carboxylic acids is 1. The molecule has 0 amide bonds. The van der Waals surface area contributed by atoms with Crippen LogP contribution in [0, 0.1) is 6.92 Å². The summed E-state index contributed by atoms with van der Waals surface area (Å²) in [5.41, 5.74) is 5.54. The standard InChI is InChI=1S/C15H17NO2/c1-9-7-8-11(15(17)18-2)14-13(9)10-5-3-4-6-12(10)16-14/h7-8,16H,3-6H2,1-2H3. The Balaban J connectivity index is 2.32. The first-order valence-electron chi connectivity index (χ1n) is 6.43. The molecule has 0 fully saturated rings. The van der Waals surface area contributed by atoms with Crippen LogP contribution in [0.1, 0.15) is 40.0 Å². The van der Waals surface area contributed by atoms with Crippen LogP contribution in [0.3, 0.4) is 0 Å². The third-order valence-corrected chi connectivity index (χ3v) is 3.86. The monoisotopic (exact) mass is 243 g/mol. The van der Waals surface area contributed by atoms with Gasteiger partial charge in [0.05, 0.1) is 18.2 Å². The number of aromatic nitrogens is 1. The molecule has 0 bridgehead atoms. The average molecular weight is 243 g/mol. The number of rotatable bonds is 1. The number of aryl methyl sites for hydroxylation is 3. The Morgan fingerprint density at radius 1 is 1.28 bits per heavy atom. The summed E-state index contributed by atoms with van der Waals surface area (Å²) in [6.07, 6.45) is 4.67. The van der Waals surface area contributed by atoms with Gasteiger partial charge in [-0.05, 0) is 49.8 Å². The first kappa shape index (κ1) is 11.3. The van der Waals surface area contributed by atoms with Gasteiger partial charge in [0.15, 0.2) is 0 Å². The van der Waals surface area contributed by atoms with Gasteiger partial charge in [-0.25, -0.2) is 4.79 Å². The van der Waals surface area contributed by atoms with E-state index in [9.17, 15) is 4.79 Å². The van der Waals surface area contributed by atoms with Gasteiger partial charge in [0.1, 0.15) is 0 Å². The predicted molar refractivity (Wildman–Crippen MR) is 71.0 cm³/mol. The Kier molecular flexibility index (Phi) is 2.62. The van der Waals surface area contributed by atoms with E-state index in [2.05, 4.69) is 11.9 Å². The number of hydrogen-bond acceptors (Lipinski definition) is 2. The Bertz CT molecular complexity index is 625. The van der Waals surface area contributed by atoms with Crippen LogP contribution in [0.15, 0.2) is 12.1 Å². The zero-order valence-electron chi connectivity index (χ0n) is 10.8. The third-order valence-electron chi connectivity index (χ3n) is 3.86. The zero-order valence-corrected chi connectivity index (χ0v) is 10.8. The number of aromatic amines is 1. The molecule has 18 heavy (non-hydrogen) atoms. The van der Waals surface area contributed by atoms with Crippen LogP contribution in [0.4, 0.5) is 0 Å². The molecule has 0 atom stereocenters. The van der Waals surface area contributed by atoms with Crippen molar-refractivity contribution in [1.29, 1.82) is 0 Å². The maximum absolute atomic E-state index is 11.8. The molecule has 2 aromatic rings. The maximum atomic E-state index is 11.8. The number of ether oxygens (including phenoxy) is 1. The van der Waals surface area contributed by atoms with Gasteiger partial charge in [0, 0.05) is 11.1 Å². The summed E-state index contributed by atoms with van der Waals surface area (Å²) in [5.74, 6) is -0.265. The van der Waals surface area contributed by atoms with E-state index in [4.69, 9.17) is 4.74 Å². The molecule has 1 N–H and O–H groups in total. The lowest BCUT2D eigenvalue weighted by atomic mass is 9.93. The van der Waals surface area contributed by atoms with Crippen molar-refractivity contribution in [2.24, 2.45) is 0 Å². The summed E-state index contributed by atoms with van der Waals surface area (Å²) in [6.45, 7) is 2.10. The van der Waals surface area contributed by atoms with E-state index in [0.717, 1.165) is 18.4 Å². The van der Waals surface area contributed by atoms with Gasteiger partial charge in [0.25, 0.3) is 0 Å². The first-order valence-corrected chi connectivity index (χ1v) is 6.43. The molecule has 1 aliphatic carbocycles. The number of methoxy groups -OCH3 is 1. The minimum atomic E-state index is -0.265. The largest absolute Gasteiger partial charge is 0.465 e. The minimum absolute atomic E-state index is 0.265. The zero-order chi connectivity index (χ0) is 12.7. The highest BCUT2D eigenvalue weighted by Gasteiger charge is 2.20. The summed E-state index contributed by atoms with van der Waals surface area (Å²) >= 11 is 0. The molecule has 0 saturated heterocycles. The van der Waals surface area contributed by atoms with Crippen molar-refractivity contribution < 1.29 is 9.53 Å². The van der Waals surface area contributed by atoms with Crippen molar-refractivity contribution in [2.45, 2.75) is 32.6 Å². The SMILES string of the molecule is COC(=O)c1ccc(C)c2c3c([nH]c12)CCCC3. The molecule has 1 aromatic carbocycles. The van der Waals surface area contributed by atoms with Crippen molar-refractivity contribution in [3.8, 4) is 0 Å². The fraction of sp³-hybridized carbons (Fsp3) is 0.400. The second-order valence-electron chi connectivity index (χ2n) is 4.96.